The van der Waals surface area contributed by atoms with E-state index in [4.69, 9.17) is 9.47 Å². The van der Waals surface area contributed by atoms with Gasteiger partial charge in [-0.3, -0.25) is 9.59 Å². The minimum Gasteiger partial charge on any atom is -0.476 e. The molecule has 0 aliphatic rings. The van der Waals surface area contributed by atoms with Crippen LogP contribution < -0.4 is 4.74 Å². The summed E-state index contributed by atoms with van der Waals surface area (Å²) in [5.41, 5.74) is -1.14. The lowest BCUT2D eigenvalue weighted by Gasteiger charge is -2.24. The Balaban J connectivity index is 2.57. The number of esters is 2. The summed E-state index contributed by atoms with van der Waals surface area (Å²) < 4.78 is 15.4. The number of methoxy groups -OCH3 is 1. The van der Waals surface area contributed by atoms with Gasteiger partial charge < -0.3 is 14.2 Å². The van der Waals surface area contributed by atoms with Crippen molar-refractivity contribution >= 4 is 17.7 Å². The van der Waals surface area contributed by atoms with Crippen LogP contribution in [0.2, 0.25) is 0 Å². The van der Waals surface area contributed by atoms with E-state index in [1.165, 1.54) is 7.11 Å². The molecule has 0 saturated carbocycles. The third-order valence-corrected chi connectivity index (χ3v) is 4.33. The van der Waals surface area contributed by atoms with Gasteiger partial charge in [-0.15, -0.1) is 0 Å². The second-order valence-electron chi connectivity index (χ2n) is 7.37. The molecule has 0 bridgehead atoms. The highest BCUT2D eigenvalue weighted by atomic mass is 16.6. The van der Waals surface area contributed by atoms with Gasteiger partial charge in [0.2, 0.25) is 0 Å². The fourth-order valence-corrected chi connectivity index (χ4v) is 2.50. The Hall–Kier alpha value is -2.37. The lowest BCUT2D eigenvalue weighted by Crippen LogP contribution is -2.39. The molecular formula is C21H30O6. The summed E-state index contributed by atoms with van der Waals surface area (Å²) in [5, 5.41) is 0. The molecule has 0 spiro atoms. The maximum Gasteiger partial charge on any atom is 0.349 e. The molecule has 150 valence electrons. The van der Waals surface area contributed by atoms with E-state index in [-0.39, 0.29) is 5.78 Å². The predicted molar refractivity (Wildman–Crippen MR) is 102 cm³/mol. The standard InChI is InChI=1S/C21H30O6/c1-7-26-19(24)21(4,5)27-16-13-11-15(12-14-16)9-8-10-17(22)20(2,3)18(23)25-6/h11-14H,7-10H2,1-6H3. The molecule has 1 rings (SSSR count). The van der Waals surface area contributed by atoms with Gasteiger partial charge in [0.05, 0.1) is 13.7 Å². The fourth-order valence-electron chi connectivity index (χ4n) is 2.50. The van der Waals surface area contributed by atoms with Gasteiger partial charge in [0.25, 0.3) is 0 Å². The Morgan fingerprint density at radius 3 is 2.07 bits per heavy atom. The first-order chi connectivity index (χ1) is 12.5. The van der Waals surface area contributed by atoms with E-state index >= 15 is 0 Å². The molecule has 0 aliphatic heterocycles. The smallest absolute Gasteiger partial charge is 0.349 e. The summed E-state index contributed by atoms with van der Waals surface area (Å²) in [6.45, 7) is 8.54. The highest BCUT2D eigenvalue weighted by Gasteiger charge is 2.36. The second kappa shape index (κ2) is 9.53. The molecule has 1 aromatic carbocycles. The monoisotopic (exact) mass is 378 g/mol. The predicted octanol–water partition coefficient (Wildman–Crippen LogP) is 3.50. The van der Waals surface area contributed by atoms with Crippen molar-refractivity contribution in [3.63, 3.8) is 0 Å². The topological polar surface area (TPSA) is 78.9 Å². The van der Waals surface area contributed by atoms with Crippen LogP contribution in [0, 0.1) is 5.41 Å². The average molecular weight is 378 g/mol. The molecule has 6 heteroatoms. The van der Waals surface area contributed by atoms with Crippen LogP contribution >= 0.6 is 0 Å². The van der Waals surface area contributed by atoms with Crippen molar-refractivity contribution in [1.29, 1.82) is 0 Å². The summed E-state index contributed by atoms with van der Waals surface area (Å²) >= 11 is 0. The quantitative estimate of drug-likeness (QED) is 0.458. The van der Waals surface area contributed by atoms with Gasteiger partial charge in [0.15, 0.2) is 5.60 Å². The fraction of sp³-hybridized carbons (Fsp3) is 0.571. The molecule has 0 fully saturated rings. The van der Waals surface area contributed by atoms with Crippen LogP contribution in [0.3, 0.4) is 0 Å². The van der Waals surface area contributed by atoms with Gasteiger partial charge in [0.1, 0.15) is 16.9 Å². The molecule has 0 aromatic heterocycles. The summed E-state index contributed by atoms with van der Waals surface area (Å²) in [7, 11) is 1.28. The molecule has 0 atom stereocenters. The maximum atomic E-state index is 12.2. The summed E-state index contributed by atoms with van der Waals surface area (Å²) in [6, 6.07) is 7.37. The van der Waals surface area contributed by atoms with Crippen molar-refractivity contribution in [1.82, 2.24) is 0 Å². The number of carbonyl (C=O) groups excluding carboxylic acids is 3. The molecule has 0 aliphatic carbocycles. The van der Waals surface area contributed by atoms with Crippen LogP contribution in [0.4, 0.5) is 0 Å². The van der Waals surface area contributed by atoms with Crippen molar-refractivity contribution in [2.24, 2.45) is 5.41 Å². The zero-order valence-electron chi connectivity index (χ0n) is 17.1. The van der Waals surface area contributed by atoms with Gasteiger partial charge in [0, 0.05) is 6.42 Å². The van der Waals surface area contributed by atoms with Crippen LogP contribution in [0.25, 0.3) is 0 Å². The number of carbonyl (C=O) groups is 3. The number of rotatable bonds is 10. The first kappa shape index (κ1) is 22.7. The van der Waals surface area contributed by atoms with E-state index in [0.29, 0.717) is 31.6 Å². The lowest BCUT2D eigenvalue weighted by atomic mass is 9.85. The van der Waals surface area contributed by atoms with Crippen LogP contribution in [0.1, 0.15) is 53.0 Å². The minimum absolute atomic E-state index is 0.134. The third-order valence-electron chi connectivity index (χ3n) is 4.33. The summed E-state index contributed by atoms with van der Waals surface area (Å²) in [6.07, 6.45) is 1.63. The molecule has 0 heterocycles. The minimum atomic E-state index is -1.12. The normalized spacial score (nSPS) is 11.6. The number of Topliss-reactive ketones (excluding diaryl/α,β-unsaturated/α-hetero) is 1. The molecule has 27 heavy (non-hydrogen) atoms. The highest BCUT2D eigenvalue weighted by molar-refractivity contribution is 6.02. The van der Waals surface area contributed by atoms with E-state index in [1.54, 1.807) is 46.8 Å². The number of hydrogen-bond donors (Lipinski definition) is 0. The molecule has 0 N–H and O–H groups in total. The zero-order chi connectivity index (χ0) is 20.7. The molecule has 6 nitrogen and oxygen atoms in total. The number of aryl methyl sites for hydroxylation is 1. The lowest BCUT2D eigenvalue weighted by molar-refractivity contribution is -0.159. The Bertz CT molecular complexity index is 658. The largest absolute Gasteiger partial charge is 0.476 e. The number of benzene rings is 1. The van der Waals surface area contributed by atoms with Crippen LogP contribution in [0.5, 0.6) is 5.75 Å². The Morgan fingerprint density at radius 2 is 1.56 bits per heavy atom. The van der Waals surface area contributed by atoms with Gasteiger partial charge in [-0.25, -0.2) is 4.79 Å². The first-order valence-electron chi connectivity index (χ1n) is 9.11. The molecular weight excluding hydrogens is 348 g/mol. The summed E-state index contributed by atoms with van der Waals surface area (Å²) in [4.78, 5) is 35.8. The molecule has 0 unspecified atom stereocenters. The zero-order valence-corrected chi connectivity index (χ0v) is 17.1. The number of ketones is 1. The Labute approximate surface area is 161 Å². The molecule has 1 aromatic rings. The summed E-state index contributed by atoms with van der Waals surface area (Å²) in [5.74, 6) is -0.496. The van der Waals surface area contributed by atoms with Crippen LogP contribution in [-0.4, -0.2) is 37.0 Å². The van der Waals surface area contributed by atoms with Crippen molar-refractivity contribution in [3.8, 4) is 5.75 Å². The van der Waals surface area contributed by atoms with E-state index in [9.17, 15) is 14.4 Å². The maximum absolute atomic E-state index is 12.2. The van der Waals surface area contributed by atoms with Gasteiger partial charge in [-0.05, 0) is 65.2 Å². The number of ether oxygens (including phenoxy) is 3. The Morgan fingerprint density at radius 1 is 0.963 bits per heavy atom. The second-order valence-corrected chi connectivity index (χ2v) is 7.37. The van der Waals surface area contributed by atoms with Crippen molar-refractivity contribution in [2.75, 3.05) is 13.7 Å². The SMILES string of the molecule is CCOC(=O)C(C)(C)Oc1ccc(CCCC(=O)C(C)(C)C(=O)OC)cc1. The van der Waals surface area contributed by atoms with Gasteiger partial charge >= 0.3 is 11.9 Å². The van der Waals surface area contributed by atoms with E-state index in [1.807, 2.05) is 12.1 Å². The van der Waals surface area contributed by atoms with Crippen molar-refractivity contribution in [2.45, 2.75) is 59.5 Å². The molecule has 0 amide bonds. The van der Waals surface area contributed by atoms with Crippen molar-refractivity contribution < 1.29 is 28.6 Å². The van der Waals surface area contributed by atoms with Crippen LogP contribution in [-0.2, 0) is 30.3 Å². The van der Waals surface area contributed by atoms with Gasteiger partial charge in [-0.2, -0.15) is 0 Å². The third kappa shape index (κ3) is 6.38. The Kier molecular flexibility index (Phi) is 8.00. The van der Waals surface area contributed by atoms with Crippen molar-refractivity contribution in [3.05, 3.63) is 29.8 Å². The van der Waals surface area contributed by atoms with E-state index in [2.05, 4.69) is 4.74 Å². The van der Waals surface area contributed by atoms with E-state index < -0.39 is 23.0 Å². The number of hydrogen-bond acceptors (Lipinski definition) is 6. The van der Waals surface area contributed by atoms with E-state index in [0.717, 1.165) is 5.56 Å². The van der Waals surface area contributed by atoms with Crippen LogP contribution in [0.15, 0.2) is 24.3 Å². The molecule has 0 radical (unpaired) electrons. The molecule has 0 saturated heterocycles. The van der Waals surface area contributed by atoms with Gasteiger partial charge in [-0.1, -0.05) is 12.1 Å². The highest BCUT2D eigenvalue weighted by Crippen LogP contribution is 2.23. The average Bonchev–Trinajstić information content (AvgIpc) is 2.62. The first-order valence-corrected chi connectivity index (χ1v) is 9.11.